The summed E-state index contributed by atoms with van der Waals surface area (Å²) < 4.78 is 2.48. The monoisotopic (exact) mass is 622 g/mol. The number of rotatable bonds is 4. The largest absolute Gasteiger partial charge is 0.374 e. The molecule has 4 unspecified atom stereocenters. The second-order valence-electron chi connectivity index (χ2n) is 13.7. The van der Waals surface area contributed by atoms with Crippen LogP contribution in [0.2, 0.25) is 0 Å². The van der Waals surface area contributed by atoms with Crippen LogP contribution in [-0.2, 0) is 0 Å². The van der Waals surface area contributed by atoms with Gasteiger partial charge in [-0.25, -0.2) is 0 Å². The summed E-state index contributed by atoms with van der Waals surface area (Å²) in [5.41, 5.74) is 12.7. The average molecular weight is 623 g/mol. The number of nitrogens with zero attached hydrogens (tertiary/aromatic N) is 2. The van der Waals surface area contributed by atoms with E-state index in [9.17, 15) is 0 Å². The highest BCUT2D eigenvalue weighted by atomic mass is 15.2. The fraction of sp³-hybridized carbons (Fsp3) is 0.182. The molecule has 234 valence electrons. The number of allylic oxidation sites excluding steroid dienone is 4. The van der Waals surface area contributed by atoms with Crippen LogP contribution in [0.5, 0.6) is 0 Å². The molecule has 0 fully saturated rings. The third-order valence-corrected chi connectivity index (χ3v) is 11.0. The van der Waals surface area contributed by atoms with E-state index in [0.717, 1.165) is 37.1 Å². The van der Waals surface area contributed by atoms with Gasteiger partial charge in [0.05, 0.1) is 34.5 Å². The van der Waals surface area contributed by atoms with Crippen molar-refractivity contribution in [3.63, 3.8) is 0 Å². The van der Waals surface area contributed by atoms with Crippen molar-refractivity contribution < 1.29 is 0 Å². The summed E-state index contributed by atoms with van der Waals surface area (Å²) in [7, 11) is 0. The quantitative estimate of drug-likeness (QED) is 0.192. The summed E-state index contributed by atoms with van der Waals surface area (Å²) in [6.45, 7) is 0. The number of anilines is 4. The van der Waals surface area contributed by atoms with E-state index in [1.54, 1.807) is 0 Å². The number of benzene rings is 5. The maximum atomic E-state index is 4.01. The van der Waals surface area contributed by atoms with E-state index in [0.29, 0.717) is 12.0 Å². The van der Waals surface area contributed by atoms with Crippen molar-refractivity contribution in [1.82, 2.24) is 4.57 Å². The van der Waals surface area contributed by atoms with E-state index in [-0.39, 0.29) is 12.1 Å². The Morgan fingerprint density at radius 3 is 2.29 bits per heavy atom. The van der Waals surface area contributed by atoms with Crippen LogP contribution in [0.4, 0.5) is 22.7 Å². The number of fused-ring (bicyclic) bond motifs is 7. The topological polar surface area (TPSA) is 32.2 Å². The minimum Gasteiger partial charge on any atom is -0.374 e. The molecule has 4 aliphatic rings. The molecule has 10 rings (SSSR count). The minimum atomic E-state index is 0.129. The molecule has 4 atom stereocenters. The molecule has 2 aliphatic carbocycles. The maximum Gasteiger partial charge on any atom is 0.0754 e. The first-order valence-electron chi connectivity index (χ1n) is 17.5. The van der Waals surface area contributed by atoms with Crippen LogP contribution in [0, 0.1) is 0 Å². The number of para-hydroxylation sites is 2. The molecule has 4 heteroatoms. The second kappa shape index (κ2) is 11.1. The van der Waals surface area contributed by atoms with Crippen molar-refractivity contribution >= 4 is 44.6 Å². The average Bonchev–Trinajstić information content (AvgIpc) is 3.66. The smallest absolute Gasteiger partial charge is 0.0754 e. The van der Waals surface area contributed by atoms with Gasteiger partial charge in [0.1, 0.15) is 0 Å². The Morgan fingerprint density at radius 1 is 0.625 bits per heavy atom. The van der Waals surface area contributed by atoms with Crippen LogP contribution in [0.3, 0.4) is 0 Å². The predicted molar refractivity (Wildman–Crippen MR) is 201 cm³/mol. The molecule has 0 spiro atoms. The number of nitrogens with one attached hydrogen (secondary N) is 2. The first-order valence-corrected chi connectivity index (χ1v) is 17.5. The highest BCUT2D eigenvalue weighted by Gasteiger charge is 2.39. The minimum absolute atomic E-state index is 0.129. The molecule has 6 aromatic rings. The summed E-state index contributed by atoms with van der Waals surface area (Å²) in [5, 5.41) is 10.6. The van der Waals surface area contributed by atoms with Gasteiger partial charge in [0.25, 0.3) is 0 Å². The molecule has 0 saturated heterocycles. The van der Waals surface area contributed by atoms with Crippen LogP contribution in [0.15, 0.2) is 151 Å². The summed E-state index contributed by atoms with van der Waals surface area (Å²) in [5.74, 6) is 0.400. The lowest BCUT2D eigenvalue weighted by molar-refractivity contribution is 0.565. The number of hydrogen-bond donors (Lipinski definition) is 2. The van der Waals surface area contributed by atoms with Gasteiger partial charge in [-0.3, -0.25) is 0 Å². The van der Waals surface area contributed by atoms with Gasteiger partial charge in [-0.15, -0.1) is 0 Å². The van der Waals surface area contributed by atoms with E-state index in [4.69, 9.17) is 0 Å². The molecule has 48 heavy (non-hydrogen) atoms. The van der Waals surface area contributed by atoms with Crippen LogP contribution in [0.25, 0.3) is 27.5 Å². The molecule has 0 saturated carbocycles. The Morgan fingerprint density at radius 2 is 1.44 bits per heavy atom. The zero-order valence-corrected chi connectivity index (χ0v) is 26.9. The van der Waals surface area contributed by atoms with Crippen molar-refractivity contribution in [3.8, 4) is 5.69 Å². The van der Waals surface area contributed by atoms with Crippen molar-refractivity contribution in [2.45, 2.75) is 49.7 Å². The van der Waals surface area contributed by atoms with Gasteiger partial charge in [0.15, 0.2) is 0 Å². The summed E-state index contributed by atoms with van der Waals surface area (Å²) in [4.78, 5) is 2.61. The standard InChI is InChI=1S/C44H38N4/c1-4-14-29(15-5-1)43-44(30-16-6-2-7-17-30)46-38-26-32(24-25-37(38)45-43)48-40-23-13-11-21-34(40)36-27-35-33-20-10-12-22-39(33)47(41(35)28-42(36)48)31-18-8-3-9-19-31/h1-4,6-11,13-14,16-21,23-28,33,39,43-46H,5,12,15,22H2. The van der Waals surface area contributed by atoms with Gasteiger partial charge in [-0.05, 0) is 90.9 Å². The van der Waals surface area contributed by atoms with Crippen molar-refractivity contribution in [1.29, 1.82) is 0 Å². The molecule has 5 aromatic carbocycles. The first-order chi connectivity index (χ1) is 23.8. The van der Waals surface area contributed by atoms with Crippen LogP contribution in [0.1, 0.15) is 48.8 Å². The highest BCUT2D eigenvalue weighted by Crippen LogP contribution is 2.51. The van der Waals surface area contributed by atoms with E-state index >= 15 is 0 Å². The number of aromatic nitrogens is 1. The second-order valence-corrected chi connectivity index (χ2v) is 13.7. The Bertz CT molecular complexity index is 2280. The Balaban J connectivity index is 1.14. The van der Waals surface area contributed by atoms with Crippen LogP contribution in [-0.4, -0.2) is 16.7 Å². The zero-order valence-electron chi connectivity index (χ0n) is 26.9. The maximum absolute atomic E-state index is 4.01. The third-order valence-electron chi connectivity index (χ3n) is 11.0. The summed E-state index contributed by atoms with van der Waals surface area (Å²) in [6, 6.07) is 43.4. The van der Waals surface area contributed by atoms with E-state index in [2.05, 4.69) is 166 Å². The first kappa shape index (κ1) is 27.6. The predicted octanol–water partition coefficient (Wildman–Crippen LogP) is 11.0. The van der Waals surface area contributed by atoms with Gasteiger partial charge >= 0.3 is 0 Å². The number of hydrogen-bond acceptors (Lipinski definition) is 3. The van der Waals surface area contributed by atoms with Crippen molar-refractivity contribution in [3.05, 3.63) is 162 Å². The Kier molecular flexibility index (Phi) is 6.36. The highest BCUT2D eigenvalue weighted by molar-refractivity contribution is 6.11. The molecule has 4 nitrogen and oxygen atoms in total. The Labute approximate surface area is 281 Å². The summed E-state index contributed by atoms with van der Waals surface area (Å²) in [6.07, 6.45) is 16.1. The van der Waals surface area contributed by atoms with Gasteiger partial charge in [-0.2, -0.15) is 0 Å². The summed E-state index contributed by atoms with van der Waals surface area (Å²) >= 11 is 0. The fourth-order valence-corrected chi connectivity index (χ4v) is 8.83. The zero-order chi connectivity index (χ0) is 31.6. The SMILES string of the molecule is C1=CCCC(C2Nc3ccc(-n4c5ccccc5c5cc6c(cc54)N(c4ccccc4)C4CCC=CC64)cc3NC2c2ccccc2)=C1. The van der Waals surface area contributed by atoms with E-state index in [1.807, 2.05) is 0 Å². The molecular weight excluding hydrogens is 585 g/mol. The molecule has 1 aromatic heterocycles. The molecule has 3 heterocycles. The van der Waals surface area contributed by atoms with Crippen molar-refractivity contribution in [2.75, 3.05) is 15.5 Å². The molecule has 2 aliphatic heterocycles. The lowest BCUT2D eigenvalue weighted by Gasteiger charge is -2.38. The van der Waals surface area contributed by atoms with Gasteiger partial charge in [0, 0.05) is 39.8 Å². The lowest BCUT2D eigenvalue weighted by Crippen LogP contribution is -2.38. The van der Waals surface area contributed by atoms with Crippen LogP contribution < -0.4 is 15.5 Å². The van der Waals surface area contributed by atoms with E-state index in [1.165, 1.54) is 55.6 Å². The molecule has 0 amide bonds. The molecule has 2 N–H and O–H groups in total. The van der Waals surface area contributed by atoms with Gasteiger partial charge < -0.3 is 20.1 Å². The lowest BCUT2D eigenvalue weighted by atomic mass is 9.87. The van der Waals surface area contributed by atoms with E-state index < -0.39 is 0 Å². The van der Waals surface area contributed by atoms with Crippen LogP contribution >= 0.6 is 0 Å². The van der Waals surface area contributed by atoms with Crippen molar-refractivity contribution in [2.24, 2.45) is 0 Å². The normalized spacial score (nSPS) is 22.5. The van der Waals surface area contributed by atoms with Gasteiger partial charge in [-0.1, -0.05) is 97.1 Å². The van der Waals surface area contributed by atoms with Gasteiger partial charge in [0.2, 0.25) is 0 Å². The molecular formula is C44H38N4. The Hall–Kier alpha value is -5.48. The molecule has 0 radical (unpaired) electrons. The third kappa shape index (κ3) is 4.29. The molecule has 0 bridgehead atoms. The fourth-order valence-electron chi connectivity index (χ4n) is 8.83.